The number of nitrogens with one attached hydrogen (secondary N) is 1. The van der Waals surface area contributed by atoms with Gasteiger partial charge in [0, 0.05) is 21.6 Å². The number of amides is 2. The summed E-state index contributed by atoms with van der Waals surface area (Å²) < 4.78 is 6.25. The lowest BCUT2D eigenvalue weighted by Gasteiger charge is -2.50. The molecule has 5 aromatic carbocycles. The van der Waals surface area contributed by atoms with Crippen LogP contribution in [0.2, 0.25) is 4.34 Å². The van der Waals surface area contributed by atoms with Crippen LogP contribution in [0.1, 0.15) is 52.5 Å². The Kier molecular flexibility index (Phi) is 11.1. The number of anilines is 1. The van der Waals surface area contributed by atoms with Crippen molar-refractivity contribution in [1.82, 2.24) is 15.2 Å². The summed E-state index contributed by atoms with van der Waals surface area (Å²) in [7, 11) is 0. The van der Waals surface area contributed by atoms with Crippen molar-refractivity contribution in [2.75, 3.05) is 5.73 Å². The first-order valence-corrected chi connectivity index (χ1v) is 20.1. The van der Waals surface area contributed by atoms with Gasteiger partial charge < -0.3 is 20.6 Å². The lowest BCUT2D eigenvalue weighted by Crippen LogP contribution is -2.72. The van der Waals surface area contributed by atoms with E-state index in [1.54, 1.807) is 0 Å². The lowest BCUT2D eigenvalue weighted by molar-refractivity contribution is -0.158. The molecule has 0 radical (unpaired) electrons. The Morgan fingerprint density at radius 1 is 0.828 bits per heavy atom. The molecule has 0 aliphatic carbocycles. The van der Waals surface area contributed by atoms with E-state index in [1.165, 1.54) is 4.90 Å². The molecule has 3 heterocycles. The maximum Gasteiger partial charge on any atom is 0.356 e. The van der Waals surface area contributed by atoms with Crippen molar-refractivity contribution in [3.63, 3.8) is 0 Å². The van der Waals surface area contributed by atoms with Gasteiger partial charge in [-0.1, -0.05) is 180 Å². The van der Waals surface area contributed by atoms with E-state index in [0.29, 0.717) is 17.7 Å². The SMILES string of the molecule is Nc1nc(/C(=N/OC(c2ccccc2)(c2ccccc2)c2ccccc2)C(=O)N[C@@H]2C(=O)N3C(C(=O)OC(c4ccccc4)c4ccccc4)=C(S)CCC23)c(Cl)s1. The lowest BCUT2D eigenvalue weighted by atomic mass is 9.80. The second kappa shape index (κ2) is 16.7. The normalized spacial score (nSPS) is 16.7. The van der Waals surface area contributed by atoms with Crippen LogP contribution in [0.5, 0.6) is 0 Å². The number of aromatic nitrogens is 1. The van der Waals surface area contributed by atoms with E-state index in [4.69, 9.17) is 26.9 Å². The fraction of sp³-hybridized carbons (Fsp3) is 0.133. The maximum atomic E-state index is 14.4. The molecule has 1 fully saturated rings. The molecule has 0 bridgehead atoms. The summed E-state index contributed by atoms with van der Waals surface area (Å²) in [5.74, 6) is -1.99. The quantitative estimate of drug-likeness (QED) is 0.0284. The van der Waals surface area contributed by atoms with E-state index in [0.717, 1.165) is 39.2 Å². The van der Waals surface area contributed by atoms with E-state index in [1.807, 2.05) is 152 Å². The van der Waals surface area contributed by atoms with Crippen LogP contribution >= 0.6 is 35.6 Å². The summed E-state index contributed by atoms with van der Waals surface area (Å²) >= 11 is 12.2. The molecular formula is C45H36ClN5O5S2. The predicted molar refractivity (Wildman–Crippen MR) is 227 cm³/mol. The standard InChI is InChI=1S/C45H36ClN5O5S2/c46-40-36(49-44(47)58-40)37(50-56-45(30-20-10-3-11-21-30,31-22-12-4-13-23-31)32-24-14-5-15-25-32)41(52)48-35-33-26-27-34(57)38(51(33)42(35)53)43(54)55-39(28-16-6-1-7-17-28)29-18-8-2-9-19-29/h1-25,33,35,39,57H,26-27H2,(H2,47,49)(H,48,52)/b50-37-/t33?,35-/m0/s1. The van der Waals surface area contributed by atoms with Gasteiger partial charge in [0.05, 0.1) is 6.04 Å². The summed E-state index contributed by atoms with van der Waals surface area (Å²) in [6.07, 6.45) is 0.0707. The van der Waals surface area contributed by atoms with Gasteiger partial charge in [-0.15, -0.1) is 12.6 Å². The number of nitrogen functional groups attached to an aromatic ring is 1. The molecule has 3 N–H and O–H groups in total. The highest BCUT2D eigenvalue weighted by Crippen LogP contribution is 2.42. The van der Waals surface area contributed by atoms with Crippen LogP contribution in [-0.4, -0.2) is 45.5 Å². The first-order valence-electron chi connectivity index (χ1n) is 18.5. The van der Waals surface area contributed by atoms with Crippen molar-refractivity contribution in [3.8, 4) is 0 Å². The van der Waals surface area contributed by atoms with Crippen LogP contribution < -0.4 is 11.1 Å². The molecular weight excluding hydrogens is 790 g/mol. The summed E-state index contributed by atoms with van der Waals surface area (Å²) in [4.78, 5) is 55.3. The van der Waals surface area contributed by atoms with E-state index in [9.17, 15) is 14.4 Å². The van der Waals surface area contributed by atoms with Crippen LogP contribution in [0.4, 0.5) is 5.13 Å². The van der Waals surface area contributed by atoms with Crippen molar-refractivity contribution < 1.29 is 24.0 Å². The number of nitrogens with zero attached hydrogens (tertiary/aromatic N) is 3. The predicted octanol–water partition coefficient (Wildman–Crippen LogP) is 8.06. The Balaban J connectivity index is 1.11. The monoisotopic (exact) mass is 825 g/mol. The molecule has 0 spiro atoms. The number of thiol groups is 1. The summed E-state index contributed by atoms with van der Waals surface area (Å²) in [5.41, 5.74) is 8.22. The molecule has 2 atom stereocenters. The Morgan fingerprint density at radius 3 is 1.78 bits per heavy atom. The van der Waals surface area contributed by atoms with Gasteiger partial charge in [-0.3, -0.25) is 14.5 Å². The number of thiazole rings is 1. The average molecular weight is 826 g/mol. The van der Waals surface area contributed by atoms with Crippen LogP contribution in [0.3, 0.4) is 0 Å². The number of carbonyl (C=O) groups excluding carboxylic acids is 3. The second-order valence-corrected chi connectivity index (χ2v) is 15.8. The highest BCUT2D eigenvalue weighted by atomic mass is 35.5. The molecule has 8 rings (SSSR count). The zero-order chi connectivity index (χ0) is 40.2. The van der Waals surface area contributed by atoms with Gasteiger partial charge in [0.25, 0.3) is 11.8 Å². The van der Waals surface area contributed by atoms with Crippen LogP contribution in [0.15, 0.2) is 167 Å². The minimum absolute atomic E-state index is 0.00769. The minimum Gasteiger partial charge on any atom is -0.448 e. The zero-order valence-corrected chi connectivity index (χ0v) is 33.2. The van der Waals surface area contributed by atoms with Crippen molar-refractivity contribution in [2.24, 2.45) is 5.16 Å². The van der Waals surface area contributed by atoms with Crippen molar-refractivity contribution in [2.45, 2.75) is 36.6 Å². The van der Waals surface area contributed by atoms with Gasteiger partial charge in [0.1, 0.15) is 21.8 Å². The average Bonchev–Trinajstić information content (AvgIpc) is 3.61. The van der Waals surface area contributed by atoms with Gasteiger partial charge in [-0.25, -0.2) is 9.78 Å². The van der Waals surface area contributed by atoms with E-state index in [-0.39, 0.29) is 26.6 Å². The molecule has 10 nitrogen and oxygen atoms in total. The molecule has 6 aromatic rings. The van der Waals surface area contributed by atoms with Gasteiger partial charge in [0.2, 0.25) is 5.60 Å². The van der Waals surface area contributed by atoms with E-state index >= 15 is 0 Å². The van der Waals surface area contributed by atoms with Gasteiger partial charge in [-0.05, 0) is 24.0 Å². The molecule has 58 heavy (non-hydrogen) atoms. The van der Waals surface area contributed by atoms with Gasteiger partial charge in [-0.2, -0.15) is 0 Å². The number of hydrogen-bond acceptors (Lipinski definition) is 10. The number of fused-ring (bicyclic) bond motifs is 1. The number of esters is 1. The Bertz CT molecular complexity index is 2370. The van der Waals surface area contributed by atoms with Crippen molar-refractivity contribution in [1.29, 1.82) is 0 Å². The largest absolute Gasteiger partial charge is 0.448 e. The summed E-state index contributed by atoms with van der Waals surface area (Å²) in [6, 6.07) is 45.7. The number of rotatable bonds is 12. The molecule has 1 saturated heterocycles. The molecule has 2 aliphatic rings. The molecule has 290 valence electrons. The van der Waals surface area contributed by atoms with Crippen LogP contribution in [0.25, 0.3) is 0 Å². The minimum atomic E-state index is -1.34. The number of nitrogens with two attached hydrogens (primary N) is 1. The molecule has 1 unspecified atom stereocenters. The zero-order valence-electron chi connectivity index (χ0n) is 30.8. The third-order valence-electron chi connectivity index (χ3n) is 10.2. The molecule has 0 saturated carbocycles. The number of allylic oxidation sites excluding steroid dienone is 1. The van der Waals surface area contributed by atoms with Crippen LogP contribution in [-0.2, 0) is 29.6 Å². The number of β-lactam (4-membered cyclic amide) rings is 1. The Morgan fingerprint density at radius 2 is 1.31 bits per heavy atom. The number of carbonyl (C=O) groups is 3. The van der Waals surface area contributed by atoms with Crippen molar-refractivity contribution in [3.05, 3.63) is 200 Å². The Hall–Kier alpha value is -6.21. The van der Waals surface area contributed by atoms with Crippen LogP contribution in [0, 0.1) is 0 Å². The highest BCUT2D eigenvalue weighted by Gasteiger charge is 2.54. The second-order valence-electron chi connectivity index (χ2n) is 13.7. The van der Waals surface area contributed by atoms with Crippen molar-refractivity contribution >= 4 is 64.2 Å². The summed E-state index contributed by atoms with van der Waals surface area (Å²) in [6.45, 7) is 0. The van der Waals surface area contributed by atoms with E-state index < -0.39 is 41.6 Å². The first-order chi connectivity index (χ1) is 28.3. The number of halogens is 1. The highest BCUT2D eigenvalue weighted by molar-refractivity contribution is 7.84. The third kappa shape index (κ3) is 7.37. The van der Waals surface area contributed by atoms with Gasteiger partial charge >= 0.3 is 5.97 Å². The number of hydrogen-bond donors (Lipinski definition) is 3. The first kappa shape index (κ1) is 38.7. The smallest absolute Gasteiger partial charge is 0.356 e. The number of oxime groups is 1. The Labute approximate surface area is 349 Å². The molecule has 1 aromatic heterocycles. The number of benzene rings is 5. The van der Waals surface area contributed by atoms with E-state index in [2.05, 4.69) is 28.1 Å². The number of ether oxygens (including phenoxy) is 1. The third-order valence-corrected chi connectivity index (χ3v) is 11.7. The maximum absolute atomic E-state index is 14.4. The van der Waals surface area contributed by atoms with Gasteiger partial charge in [0.15, 0.2) is 16.9 Å². The molecule has 2 amide bonds. The topological polar surface area (TPSA) is 136 Å². The summed E-state index contributed by atoms with van der Waals surface area (Å²) in [5, 5.41) is 7.50. The molecule has 2 aliphatic heterocycles. The fourth-order valence-corrected chi connectivity index (χ4v) is 8.69. The fourth-order valence-electron chi connectivity index (χ4n) is 7.44. The molecule has 13 heteroatoms.